The van der Waals surface area contributed by atoms with Crippen LogP contribution in [0.2, 0.25) is 0 Å². The second-order valence-electron chi connectivity index (χ2n) is 3.68. The van der Waals surface area contributed by atoms with Crippen molar-refractivity contribution in [1.29, 1.82) is 0 Å². The van der Waals surface area contributed by atoms with Crippen LogP contribution in [0.4, 0.5) is 0 Å². The summed E-state index contributed by atoms with van der Waals surface area (Å²) in [7, 11) is 0. The highest BCUT2D eigenvalue weighted by atomic mass is 16.3. The number of hydrogen-bond donors (Lipinski definition) is 3. The minimum Gasteiger partial charge on any atom is -0.391 e. The summed E-state index contributed by atoms with van der Waals surface area (Å²) in [6.45, 7) is 7.36. The van der Waals surface area contributed by atoms with Crippen molar-refractivity contribution < 1.29 is 5.11 Å². The largest absolute Gasteiger partial charge is 0.391 e. The number of hydrogen-bond acceptors (Lipinski definition) is 4. The molecule has 0 aromatic heterocycles. The molecule has 12 heavy (non-hydrogen) atoms. The lowest BCUT2D eigenvalue weighted by Crippen LogP contribution is -2.53. The van der Waals surface area contributed by atoms with Crippen molar-refractivity contribution >= 4 is 5.96 Å². The van der Waals surface area contributed by atoms with E-state index in [2.05, 4.69) is 15.6 Å². The summed E-state index contributed by atoms with van der Waals surface area (Å²) in [5, 5.41) is 15.6. The summed E-state index contributed by atoms with van der Waals surface area (Å²) in [6, 6.07) is 0. The fourth-order valence-electron chi connectivity index (χ4n) is 0.891. The molecule has 1 heterocycles. The molecule has 1 atom stereocenters. The van der Waals surface area contributed by atoms with Gasteiger partial charge in [-0.25, -0.2) is 0 Å². The Hall–Kier alpha value is -0.770. The summed E-state index contributed by atoms with van der Waals surface area (Å²) in [6.07, 6.45) is -0.400. The SMILES string of the molecule is CC(O)C(C)(C)NC1=NCCN1. The topological polar surface area (TPSA) is 56.6 Å². The van der Waals surface area contributed by atoms with Gasteiger partial charge in [0.25, 0.3) is 0 Å². The van der Waals surface area contributed by atoms with Gasteiger partial charge in [0, 0.05) is 6.54 Å². The Morgan fingerprint density at radius 3 is 2.75 bits per heavy atom. The standard InChI is InChI=1S/C8H17N3O/c1-6(12)8(2,3)11-7-9-4-5-10-7/h6,12H,4-5H2,1-3H3,(H2,9,10,11). The van der Waals surface area contributed by atoms with Crippen LogP contribution in [0.15, 0.2) is 4.99 Å². The fourth-order valence-corrected chi connectivity index (χ4v) is 0.891. The van der Waals surface area contributed by atoms with Crippen molar-refractivity contribution in [3.05, 3.63) is 0 Å². The molecule has 0 bridgehead atoms. The van der Waals surface area contributed by atoms with Gasteiger partial charge in [-0.15, -0.1) is 0 Å². The van der Waals surface area contributed by atoms with E-state index in [0.29, 0.717) is 0 Å². The Bertz CT molecular complexity index is 187. The van der Waals surface area contributed by atoms with Gasteiger partial charge in [-0.1, -0.05) is 0 Å². The van der Waals surface area contributed by atoms with Gasteiger partial charge in [-0.05, 0) is 20.8 Å². The van der Waals surface area contributed by atoms with Gasteiger partial charge in [0.05, 0.1) is 18.2 Å². The quantitative estimate of drug-likeness (QED) is 0.534. The van der Waals surface area contributed by atoms with E-state index in [1.807, 2.05) is 13.8 Å². The average Bonchev–Trinajstić information content (AvgIpc) is 2.38. The number of aliphatic hydroxyl groups is 1. The number of rotatable bonds is 2. The lowest BCUT2D eigenvalue weighted by Gasteiger charge is -2.30. The fraction of sp³-hybridized carbons (Fsp3) is 0.875. The Kier molecular flexibility index (Phi) is 2.57. The van der Waals surface area contributed by atoms with Crippen LogP contribution in [-0.2, 0) is 0 Å². The molecule has 0 amide bonds. The van der Waals surface area contributed by atoms with Crippen molar-refractivity contribution in [2.45, 2.75) is 32.4 Å². The minimum atomic E-state index is -0.400. The van der Waals surface area contributed by atoms with Crippen LogP contribution in [0.1, 0.15) is 20.8 Å². The van der Waals surface area contributed by atoms with E-state index in [1.54, 1.807) is 6.92 Å². The smallest absolute Gasteiger partial charge is 0.191 e. The van der Waals surface area contributed by atoms with Gasteiger partial charge in [-0.3, -0.25) is 4.99 Å². The van der Waals surface area contributed by atoms with E-state index in [-0.39, 0.29) is 5.54 Å². The van der Waals surface area contributed by atoms with E-state index in [9.17, 15) is 5.11 Å². The van der Waals surface area contributed by atoms with Gasteiger partial charge in [0.1, 0.15) is 0 Å². The van der Waals surface area contributed by atoms with Crippen LogP contribution in [0, 0.1) is 0 Å². The number of nitrogens with one attached hydrogen (secondary N) is 2. The lowest BCUT2D eigenvalue weighted by molar-refractivity contribution is 0.109. The summed E-state index contributed by atoms with van der Waals surface area (Å²) in [4.78, 5) is 4.19. The maximum Gasteiger partial charge on any atom is 0.191 e. The summed E-state index contributed by atoms with van der Waals surface area (Å²) in [5.41, 5.74) is -0.323. The number of guanidine groups is 1. The monoisotopic (exact) mass is 171 g/mol. The molecule has 1 rings (SSSR count). The van der Waals surface area contributed by atoms with E-state index in [0.717, 1.165) is 19.0 Å². The van der Waals surface area contributed by atoms with Gasteiger partial charge < -0.3 is 15.7 Å². The first-order chi connectivity index (χ1) is 5.52. The van der Waals surface area contributed by atoms with Gasteiger partial charge in [0.15, 0.2) is 5.96 Å². The van der Waals surface area contributed by atoms with Crippen molar-refractivity contribution in [2.24, 2.45) is 4.99 Å². The van der Waals surface area contributed by atoms with E-state index < -0.39 is 6.10 Å². The normalized spacial score (nSPS) is 19.8. The van der Waals surface area contributed by atoms with Gasteiger partial charge in [-0.2, -0.15) is 0 Å². The highest BCUT2D eigenvalue weighted by Crippen LogP contribution is 2.08. The third kappa shape index (κ3) is 2.11. The van der Waals surface area contributed by atoms with Crippen LogP contribution in [0.3, 0.4) is 0 Å². The Morgan fingerprint density at radius 1 is 1.67 bits per heavy atom. The lowest BCUT2D eigenvalue weighted by atomic mass is 9.99. The Morgan fingerprint density at radius 2 is 2.33 bits per heavy atom. The molecule has 4 heteroatoms. The molecule has 3 N–H and O–H groups in total. The molecule has 1 aliphatic heterocycles. The Labute approximate surface area is 73.1 Å². The van der Waals surface area contributed by atoms with Crippen molar-refractivity contribution in [3.63, 3.8) is 0 Å². The molecule has 0 radical (unpaired) electrons. The maximum atomic E-state index is 9.40. The molecule has 4 nitrogen and oxygen atoms in total. The number of aliphatic hydroxyl groups excluding tert-OH is 1. The Balaban J connectivity index is 2.48. The van der Waals surface area contributed by atoms with E-state index in [1.165, 1.54) is 0 Å². The summed E-state index contributed by atoms with van der Waals surface area (Å²) >= 11 is 0. The van der Waals surface area contributed by atoms with Crippen LogP contribution in [0.5, 0.6) is 0 Å². The first kappa shape index (κ1) is 9.32. The summed E-state index contributed by atoms with van der Waals surface area (Å²) < 4.78 is 0. The van der Waals surface area contributed by atoms with Crippen LogP contribution in [-0.4, -0.2) is 35.8 Å². The maximum absolute atomic E-state index is 9.40. The minimum absolute atomic E-state index is 0.323. The van der Waals surface area contributed by atoms with E-state index >= 15 is 0 Å². The molecule has 70 valence electrons. The van der Waals surface area contributed by atoms with E-state index in [4.69, 9.17) is 0 Å². The first-order valence-electron chi connectivity index (χ1n) is 4.27. The first-order valence-corrected chi connectivity index (χ1v) is 4.27. The second-order valence-corrected chi connectivity index (χ2v) is 3.68. The average molecular weight is 171 g/mol. The van der Waals surface area contributed by atoms with Gasteiger partial charge in [0.2, 0.25) is 0 Å². The molecule has 1 aliphatic rings. The zero-order valence-corrected chi connectivity index (χ0v) is 7.89. The van der Waals surface area contributed by atoms with Crippen LogP contribution >= 0.6 is 0 Å². The van der Waals surface area contributed by atoms with Crippen LogP contribution < -0.4 is 10.6 Å². The van der Waals surface area contributed by atoms with Crippen molar-refractivity contribution in [1.82, 2.24) is 10.6 Å². The highest BCUT2D eigenvalue weighted by molar-refractivity contribution is 5.81. The molecule has 1 unspecified atom stereocenters. The van der Waals surface area contributed by atoms with Gasteiger partial charge >= 0.3 is 0 Å². The molecule has 0 aromatic rings. The molecule has 0 saturated carbocycles. The molecular formula is C8H17N3O. The number of aliphatic imine (C=N–C) groups is 1. The van der Waals surface area contributed by atoms with Crippen molar-refractivity contribution in [2.75, 3.05) is 13.1 Å². The third-order valence-electron chi connectivity index (χ3n) is 2.16. The zero-order chi connectivity index (χ0) is 9.19. The molecular weight excluding hydrogens is 154 g/mol. The third-order valence-corrected chi connectivity index (χ3v) is 2.16. The molecule has 0 aromatic carbocycles. The predicted octanol–water partition coefficient (Wildman–Crippen LogP) is -0.305. The predicted molar refractivity (Wildman–Crippen MR) is 49.2 cm³/mol. The zero-order valence-electron chi connectivity index (χ0n) is 7.89. The van der Waals surface area contributed by atoms with Crippen LogP contribution in [0.25, 0.3) is 0 Å². The second kappa shape index (κ2) is 3.31. The molecule has 0 spiro atoms. The van der Waals surface area contributed by atoms with Crippen molar-refractivity contribution in [3.8, 4) is 0 Å². The summed E-state index contributed by atoms with van der Waals surface area (Å²) in [5.74, 6) is 0.793. The molecule has 0 fully saturated rings. The number of nitrogens with zero attached hydrogens (tertiary/aromatic N) is 1. The molecule has 0 saturated heterocycles. The molecule has 0 aliphatic carbocycles. The highest BCUT2D eigenvalue weighted by Gasteiger charge is 2.25.